The van der Waals surface area contributed by atoms with Crippen molar-refractivity contribution in [2.75, 3.05) is 11.9 Å². The number of anilines is 1. The van der Waals surface area contributed by atoms with Gasteiger partial charge in [-0.15, -0.1) is 0 Å². The van der Waals surface area contributed by atoms with Crippen LogP contribution in [0.5, 0.6) is 0 Å². The highest BCUT2D eigenvalue weighted by Crippen LogP contribution is 2.15. The van der Waals surface area contributed by atoms with Crippen molar-refractivity contribution in [3.05, 3.63) is 65.5 Å². The Labute approximate surface area is 129 Å². The molecule has 0 fully saturated rings. The largest absolute Gasteiger partial charge is 0.455 e. The van der Waals surface area contributed by atoms with Gasteiger partial charge in [-0.05, 0) is 23.8 Å². The van der Waals surface area contributed by atoms with Crippen LogP contribution in [-0.4, -0.2) is 18.5 Å². The summed E-state index contributed by atoms with van der Waals surface area (Å²) < 4.78 is 44.3. The van der Waals surface area contributed by atoms with E-state index in [1.54, 1.807) is 6.07 Å². The van der Waals surface area contributed by atoms with Gasteiger partial charge in [0.05, 0.1) is 12.1 Å². The van der Waals surface area contributed by atoms with Gasteiger partial charge in [-0.3, -0.25) is 9.59 Å². The number of nitrogens with one attached hydrogen (secondary N) is 1. The molecule has 2 aromatic rings. The van der Waals surface area contributed by atoms with Gasteiger partial charge < -0.3 is 10.1 Å². The van der Waals surface area contributed by atoms with Crippen LogP contribution in [0, 0.1) is 17.5 Å². The minimum atomic E-state index is -0.837. The van der Waals surface area contributed by atoms with Crippen LogP contribution in [0.4, 0.5) is 18.9 Å². The first kappa shape index (κ1) is 16.5. The predicted octanol–water partition coefficient (Wildman–Crippen LogP) is 2.83. The summed E-state index contributed by atoms with van der Waals surface area (Å²) in [4.78, 5) is 23.1. The van der Waals surface area contributed by atoms with Crippen molar-refractivity contribution >= 4 is 17.6 Å². The van der Waals surface area contributed by atoms with Crippen LogP contribution >= 0.6 is 0 Å². The van der Waals surface area contributed by atoms with E-state index in [0.29, 0.717) is 0 Å². The highest BCUT2D eigenvalue weighted by molar-refractivity contribution is 5.93. The molecule has 0 aliphatic rings. The fraction of sp³-hybridized carbons (Fsp3) is 0.125. The average Bonchev–Trinajstić information content (AvgIpc) is 2.51. The highest BCUT2D eigenvalue weighted by Gasteiger charge is 2.13. The van der Waals surface area contributed by atoms with Gasteiger partial charge in [0.2, 0.25) is 0 Å². The monoisotopic (exact) mass is 323 g/mol. The molecule has 4 nitrogen and oxygen atoms in total. The van der Waals surface area contributed by atoms with Crippen LogP contribution in [0.15, 0.2) is 42.5 Å². The van der Waals surface area contributed by atoms with E-state index in [-0.39, 0.29) is 17.7 Å². The molecule has 0 atom stereocenters. The zero-order valence-electron chi connectivity index (χ0n) is 11.8. The molecule has 0 spiro atoms. The molecule has 1 amide bonds. The molecule has 0 aliphatic heterocycles. The maximum atomic E-state index is 13.4. The van der Waals surface area contributed by atoms with E-state index in [2.05, 4.69) is 10.1 Å². The van der Waals surface area contributed by atoms with Gasteiger partial charge >= 0.3 is 5.97 Å². The Kier molecular flexibility index (Phi) is 5.35. The van der Waals surface area contributed by atoms with E-state index in [9.17, 15) is 22.8 Å². The first-order chi connectivity index (χ1) is 11.0. The second-order valence-corrected chi connectivity index (χ2v) is 4.60. The summed E-state index contributed by atoms with van der Waals surface area (Å²) in [6.45, 7) is -0.691. The highest BCUT2D eigenvalue weighted by atomic mass is 19.1. The molecule has 0 heterocycles. The minimum absolute atomic E-state index is 0.133. The van der Waals surface area contributed by atoms with Crippen molar-refractivity contribution in [2.24, 2.45) is 0 Å². The quantitative estimate of drug-likeness (QED) is 0.861. The summed E-state index contributed by atoms with van der Waals surface area (Å²) in [6.07, 6.45) is -0.339. The number of hydrogen-bond acceptors (Lipinski definition) is 3. The Morgan fingerprint density at radius 3 is 2.48 bits per heavy atom. The summed E-state index contributed by atoms with van der Waals surface area (Å²) in [5.74, 6) is -3.76. The smallest absolute Gasteiger partial charge is 0.310 e. The molecule has 1 N–H and O–H groups in total. The van der Waals surface area contributed by atoms with E-state index >= 15 is 0 Å². The topological polar surface area (TPSA) is 55.4 Å². The van der Waals surface area contributed by atoms with Crippen LogP contribution < -0.4 is 5.32 Å². The van der Waals surface area contributed by atoms with Crippen LogP contribution in [0.3, 0.4) is 0 Å². The number of carbonyl (C=O) groups excluding carboxylic acids is 2. The Bertz CT molecular complexity index is 734. The van der Waals surface area contributed by atoms with Gasteiger partial charge in [0.1, 0.15) is 17.5 Å². The van der Waals surface area contributed by atoms with Gasteiger partial charge in [-0.1, -0.05) is 18.2 Å². The fourth-order valence-corrected chi connectivity index (χ4v) is 1.77. The molecule has 2 aromatic carbocycles. The number of halogens is 3. The lowest BCUT2D eigenvalue weighted by Gasteiger charge is -2.08. The number of benzene rings is 2. The zero-order chi connectivity index (χ0) is 16.8. The van der Waals surface area contributed by atoms with Gasteiger partial charge in [0.15, 0.2) is 6.61 Å². The minimum Gasteiger partial charge on any atom is -0.455 e. The Morgan fingerprint density at radius 2 is 1.74 bits per heavy atom. The maximum Gasteiger partial charge on any atom is 0.310 e. The van der Waals surface area contributed by atoms with Gasteiger partial charge in [-0.2, -0.15) is 0 Å². The number of ether oxygens (including phenoxy) is 1. The predicted molar refractivity (Wildman–Crippen MR) is 76.1 cm³/mol. The van der Waals surface area contributed by atoms with Crippen molar-refractivity contribution in [2.45, 2.75) is 6.42 Å². The van der Waals surface area contributed by atoms with E-state index in [1.165, 1.54) is 18.2 Å². The molecular formula is C16H12F3NO3. The maximum absolute atomic E-state index is 13.4. The second-order valence-electron chi connectivity index (χ2n) is 4.60. The third-order valence-corrected chi connectivity index (χ3v) is 2.86. The number of rotatable bonds is 5. The second kappa shape index (κ2) is 7.44. The van der Waals surface area contributed by atoms with E-state index < -0.39 is 35.9 Å². The summed E-state index contributed by atoms with van der Waals surface area (Å²) in [7, 11) is 0. The molecule has 0 saturated heterocycles. The van der Waals surface area contributed by atoms with Crippen molar-refractivity contribution in [3.63, 3.8) is 0 Å². The SMILES string of the molecule is O=C(COC(=O)Cc1ccccc1F)Nc1cc(F)ccc1F. The number of amides is 1. The van der Waals surface area contributed by atoms with E-state index in [0.717, 1.165) is 18.2 Å². The first-order valence-corrected chi connectivity index (χ1v) is 6.59. The summed E-state index contributed by atoms with van der Waals surface area (Å²) in [5, 5.41) is 2.08. The van der Waals surface area contributed by atoms with Crippen LogP contribution in [0.25, 0.3) is 0 Å². The molecule has 0 aliphatic carbocycles. The Balaban J connectivity index is 1.85. The van der Waals surface area contributed by atoms with Gasteiger partial charge in [-0.25, -0.2) is 13.2 Å². The van der Waals surface area contributed by atoms with Crippen molar-refractivity contribution in [1.82, 2.24) is 0 Å². The molecule has 0 saturated carbocycles. The third kappa shape index (κ3) is 4.84. The molecule has 120 valence electrons. The van der Waals surface area contributed by atoms with Gasteiger partial charge in [0, 0.05) is 6.07 Å². The molecule has 0 bridgehead atoms. The van der Waals surface area contributed by atoms with Crippen molar-refractivity contribution in [1.29, 1.82) is 0 Å². The lowest BCUT2D eigenvalue weighted by Crippen LogP contribution is -2.22. The van der Waals surface area contributed by atoms with Crippen LogP contribution in [0.2, 0.25) is 0 Å². The lowest BCUT2D eigenvalue weighted by molar-refractivity contribution is -0.146. The molecule has 7 heteroatoms. The van der Waals surface area contributed by atoms with Gasteiger partial charge in [0.25, 0.3) is 5.91 Å². The standard InChI is InChI=1S/C16H12F3NO3/c17-11-5-6-13(19)14(8-11)20-15(21)9-23-16(22)7-10-3-1-2-4-12(10)18/h1-6,8H,7,9H2,(H,20,21). The summed E-state index contributed by atoms with van der Waals surface area (Å²) in [5.41, 5.74) is -0.228. The first-order valence-electron chi connectivity index (χ1n) is 6.59. The number of carbonyl (C=O) groups is 2. The fourth-order valence-electron chi connectivity index (χ4n) is 1.77. The molecular weight excluding hydrogens is 311 g/mol. The Hall–Kier alpha value is -2.83. The molecule has 0 aromatic heterocycles. The molecule has 0 radical (unpaired) electrons. The third-order valence-electron chi connectivity index (χ3n) is 2.86. The van der Waals surface area contributed by atoms with Crippen molar-refractivity contribution < 1.29 is 27.5 Å². The number of hydrogen-bond donors (Lipinski definition) is 1. The van der Waals surface area contributed by atoms with Crippen LogP contribution in [0.1, 0.15) is 5.56 Å². The number of esters is 1. The average molecular weight is 323 g/mol. The molecule has 0 unspecified atom stereocenters. The molecule has 2 rings (SSSR count). The summed E-state index contributed by atoms with van der Waals surface area (Å²) in [6, 6.07) is 8.21. The lowest BCUT2D eigenvalue weighted by atomic mass is 10.1. The van der Waals surface area contributed by atoms with Crippen molar-refractivity contribution in [3.8, 4) is 0 Å². The molecule has 23 heavy (non-hydrogen) atoms. The van der Waals surface area contributed by atoms with E-state index in [1.807, 2.05) is 0 Å². The van der Waals surface area contributed by atoms with Crippen LogP contribution in [-0.2, 0) is 20.7 Å². The Morgan fingerprint density at radius 1 is 1.00 bits per heavy atom. The summed E-state index contributed by atoms with van der Waals surface area (Å²) >= 11 is 0. The zero-order valence-corrected chi connectivity index (χ0v) is 11.8. The van der Waals surface area contributed by atoms with E-state index in [4.69, 9.17) is 0 Å². The normalized spacial score (nSPS) is 10.2.